The highest BCUT2D eigenvalue weighted by molar-refractivity contribution is 7.12. The molecule has 2 heteroatoms. The third kappa shape index (κ3) is 2.27. The topological polar surface area (TPSA) is 12.0 Å². The van der Waals surface area contributed by atoms with Gasteiger partial charge >= 0.3 is 0 Å². The van der Waals surface area contributed by atoms with E-state index in [1.807, 2.05) is 11.3 Å². The average molecular weight is 279 g/mol. The molecule has 1 saturated carbocycles. The molecule has 0 aromatic carbocycles. The fraction of sp³-hybridized carbons (Fsp3) is 0.765. The van der Waals surface area contributed by atoms with Crippen molar-refractivity contribution >= 4 is 11.3 Å². The van der Waals surface area contributed by atoms with Crippen LogP contribution in [0, 0.1) is 16.7 Å². The van der Waals surface area contributed by atoms with Gasteiger partial charge in [-0.2, -0.15) is 0 Å². The summed E-state index contributed by atoms with van der Waals surface area (Å²) >= 11 is 1.98. The van der Waals surface area contributed by atoms with Gasteiger partial charge in [0.15, 0.2) is 0 Å². The van der Waals surface area contributed by atoms with Crippen molar-refractivity contribution in [2.24, 2.45) is 16.7 Å². The van der Waals surface area contributed by atoms with E-state index in [-0.39, 0.29) is 5.41 Å². The highest BCUT2D eigenvalue weighted by atomic mass is 32.1. The SMILES string of the molecule is CNC(c1ccc(C(C)(C)C)s1)C1C(C)(C)C1(C)C. The van der Waals surface area contributed by atoms with Crippen molar-refractivity contribution in [2.45, 2.75) is 59.9 Å². The standard InChI is InChI=1S/C17H29NS/c1-15(2,3)12-10-9-11(19-12)13(18-8)14-16(4,5)17(14,6)7/h9-10,13-14,18H,1-8H3. The van der Waals surface area contributed by atoms with Crippen LogP contribution in [0.2, 0.25) is 0 Å². The summed E-state index contributed by atoms with van der Waals surface area (Å²) in [5, 5.41) is 3.57. The Bertz CT molecular complexity index is 448. The van der Waals surface area contributed by atoms with Crippen molar-refractivity contribution < 1.29 is 0 Å². The molecule has 19 heavy (non-hydrogen) atoms. The van der Waals surface area contributed by atoms with Gasteiger partial charge in [0.2, 0.25) is 0 Å². The van der Waals surface area contributed by atoms with E-state index in [9.17, 15) is 0 Å². The average Bonchev–Trinajstić information content (AvgIpc) is 2.69. The summed E-state index contributed by atoms with van der Waals surface area (Å²) in [5.41, 5.74) is 1.11. The van der Waals surface area contributed by atoms with Crippen LogP contribution in [0.1, 0.15) is 64.3 Å². The molecule has 1 aromatic rings. The van der Waals surface area contributed by atoms with Crippen molar-refractivity contribution in [2.75, 3.05) is 7.05 Å². The van der Waals surface area contributed by atoms with E-state index in [1.165, 1.54) is 9.75 Å². The van der Waals surface area contributed by atoms with Crippen LogP contribution in [0.5, 0.6) is 0 Å². The molecule has 1 nitrogen and oxygen atoms in total. The second-order valence-corrected chi connectivity index (χ2v) is 9.25. The molecule has 0 spiro atoms. The Morgan fingerprint density at radius 1 is 1.11 bits per heavy atom. The van der Waals surface area contributed by atoms with Crippen LogP contribution in [0.4, 0.5) is 0 Å². The van der Waals surface area contributed by atoms with Gasteiger partial charge in [0.05, 0.1) is 0 Å². The monoisotopic (exact) mass is 279 g/mol. The summed E-state index contributed by atoms with van der Waals surface area (Å²) in [4.78, 5) is 2.98. The first kappa shape index (κ1) is 15.1. The zero-order valence-corrected chi connectivity index (χ0v) is 14.5. The van der Waals surface area contributed by atoms with Gasteiger partial charge in [-0.15, -0.1) is 11.3 Å². The maximum Gasteiger partial charge on any atom is 0.0451 e. The largest absolute Gasteiger partial charge is 0.312 e. The molecule has 108 valence electrons. The quantitative estimate of drug-likeness (QED) is 0.822. The number of rotatable bonds is 3. The van der Waals surface area contributed by atoms with Gasteiger partial charge in [0.25, 0.3) is 0 Å². The predicted octanol–water partition coefficient (Wildman–Crippen LogP) is 4.99. The molecule has 1 unspecified atom stereocenters. The molecule has 0 saturated heterocycles. The molecule has 2 rings (SSSR count). The van der Waals surface area contributed by atoms with Gasteiger partial charge in [-0.05, 0) is 41.3 Å². The minimum Gasteiger partial charge on any atom is -0.312 e. The fourth-order valence-electron chi connectivity index (χ4n) is 3.48. The van der Waals surface area contributed by atoms with Crippen molar-refractivity contribution in [1.29, 1.82) is 0 Å². The molecule has 0 aliphatic heterocycles. The van der Waals surface area contributed by atoms with Crippen LogP contribution < -0.4 is 5.32 Å². The Labute approximate surface area is 122 Å². The van der Waals surface area contributed by atoms with Crippen LogP contribution in [0.3, 0.4) is 0 Å². The Balaban J connectivity index is 2.28. The summed E-state index contributed by atoms with van der Waals surface area (Å²) in [6.07, 6.45) is 0. The molecule has 1 aliphatic rings. The van der Waals surface area contributed by atoms with Gasteiger partial charge < -0.3 is 5.32 Å². The van der Waals surface area contributed by atoms with Crippen molar-refractivity contribution in [3.05, 3.63) is 21.9 Å². The minimum atomic E-state index is 0.260. The van der Waals surface area contributed by atoms with Gasteiger partial charge in [0.1, 0.15) is 0 Å². The summed E-state index contributed by atoms with van der Waals surface area (Å²) in [6, 6.07) is 5.13. The van der Waals surface area contributed by atoms with Crippen LogP contribution in [-0.2, 0) is 5.41 Å². The molecular formula is C17H29NS. The van der Waals surface area contributed by atoms with Crippen molar-refractivity contribution in [3.63, 3.8) is 0 Å². The smallest absolute Gasteiger partial charge is 0.0451 e. The van der Waals surface area contributed by atoms with E-state index < -0.39 is 0 Å². The summed E-state index contributed by atoms with van der Waals surface area (Å²) in [7, 11) is 2.10. The number of nitrogens with one attached hydrogen (secondary N) is 1. The van der Waals surface area contributed by atoms with E-state index in [2.05, 4.69) is 73.0 Å². The Hall–Kier alpha value is -0.340. The molecule has 1 aromatic heterocycles. The zero-order chi connectivity index (χ0) is 14.6. The van der Waals surface area contributed by atoms with E-state index in [0.29, 0.717) is 16.9 Å². The molecule has 1 aliphatic carbocycles. The lowest BCUT2D eigenvalue weighted by Gasteiger charge is -2.18. The maximum absolute atomic E-state index is 3.57. The predicted molar refractivity (Wildman–Crippen MR) is 85.9 cm³/mol. The first-order chi connectivity index (χ1) is 8.53. The van der Waals surface area contributed by atoms with Crippen LogP contribution in [-0.4, -0.2) is 7.05 Å². The molecular weight excluding hydrogens is 250 g/mol. The highest BCUT2D eigenvalue weighted by Gasteiger charge is 2.67. The molecule has 1 fully saturated rings. The second kappa shape index (κ2) is 4.33. The third-order valence-corrected chi connectivity index (χ3v) is 7.04. The molecule has 0 amide bonds. The fourth-order valence-corrected chi connectivity index (χ4v) is 4.69. The first-order valence-electron chi connectivity index (χ1n) is 7.31. The van der Waals surface area contributed by atoms with Gasteiger partial charge in [-0.3, -0.25) is 0 Å². The molecule has 1 heterocycles. The Morgan fingerprint density at radius 3 is 1.95 bits per heavy atom. The summed E-state index contributed by atoms with van der Waals surface area (Å²) < 4.78 is 0. The van der Waals surface area contributed by atoms with Crippen LogP contribution in [0.15, 0.2) is 12.1 Å². The lowest BCUT2D eigenvalue weighted by Crippen LogP contribution is -2.20. The minimum absolute atomic E-state index is 0.260. The highest BCUT2D eigenvalue weighted by Crippen LogP contribution is 2.72. The second-order valence-electron chi connectivity index (χ2n) is 8.14. The molecule has 1 N–H and O–H groups in total. The van der Waals surface area contributed by atoms with Crippen LogP contribution >= 0.6 is 11.3 Å². The van der Waals surface area contributed by atoms with Gasteiger partial charge in [-0.25, -0.2) is 0 Å². The summed E-state index contributed by atoms with van der Waals surface area (Å²) in [5.74, 6) is 0.719. The molecule has 0 radical (unpaired) electrons. The third-order valence-electron chi connectivity index (χ3n) is 5.45. The Kier molecular flexibility index (Phi) is 3.43. The lowest BCUT2D eigenvalue weighted by atomic mass is 9.95. The summed E-state index contributed by atoms with van der Waals surface area (Å²) in [6.45, 7) is 16.5. The molecule has 1 atom stereocenters. The Morgan fingerprint density at radius 2 is 1.63 bits per heavy atom. The maximum atomic E-state index is 3.57. The zero-order valence-electron chi connectivity index (χ0n) is 13.7. The van der Waals surface area contributed by atoms with Crippen molar-refractivity contribution in [3.8, 4) is 0 Å². The van der Waals surface area contributed by atoms with E-state index >= 15 is 0 Å². The van der Waals surface area contributed by atoms with E-state index in [1.54, 1.807) is 0 Å². The van der Waals surface area contributed by atoms with Gasteiger partial charge in [0, 0.05) is 15.8 Å². The van der Waals surface area contributed by atoms with Gasteiger partial charge in [-0.1, -0.05) is 48.5 Å². The van der Waals surface area contributed by atoms with Crippen LogP contribution in [0.25, 0.3) is 0 Å². The van der Waals surface area contributed by atoms with Crippen molar-refractivity contribution in [1.82, 2.24) is 5.32 Å². The van der Waals surface area contributed by atoms with E-state index in [4.69, 9.17) is 0 Å². The number of hydrogen-bond acceptors (Lipinski definition) is 2. The lowest BCUT2D eigenvalue weighted by molar-refractivity contribution is 0.444. The number of thiophene rings is 1. The normalized spacial score (nSPS) is 23.4. The molecule has 0 bridgehead atoms. The van der Waals surface area contributed by atoms with E-state index in [0.717, 1.165) is 5.92 Å². The number of hydrogen-bond donors (Lipinski definition) is 1. The first-order valence-corrected chi connectivity index (χ1v) is 8.12.